The summed E-state index contributed by atoms with van der Waals surface area (Å²) in [5.41, 5.74) is 3.18. The largest absolute Gasteiger partial charge is 0.370 e. The topological polar surface area (TPSA) is 37.7 Å². The lowest BCUT2D eigenvalue weighted by molar-refractivity contribution is -0.909. The summed E-state index contributed by atoms with van der Waals surface area (Å²) in [7, 11) is 0. The van der Waals surface area contributed by atoms with Crippen LogP contribution in [0.1, 0.15) is 17.2 Å². The van der Waals surface area contributed by atoms with Gasteiger partial charge in [0.2, 0.25) is 0 Å². The van der Waals surface area contributed by atoms with Gasteiger partial charge in [0.05, 0.1) is 13.2 Å². The van der Waals surface area contributed by atoms with E-state index < -0.39 is 0 Å². The summed E-state index contributed by atoms with van der Waals surface area (Å²) in [6.07, 6.45) is 0. The highest BCUT2D eigenvalue weighted by Gasteiger charge is 2.22. The number of ether oxygens (including phenoxy) is 1. The van der Waals surface area contributed by atoms with Crippen LogP contribution in [-0.4, -0.2) is 38.0 Å². The smallest absolute Gasteiger partial charge is 0.171 e. The maximum atomic E-state index is 6.21. The SMILES string of the molecule is Cc1ccc(NC(=S)N[C@H](C[NH+]2CCOCC2)c2ccccc2)cc1Cl. The molecule has 1 atom stereocenters. The molecular weight excluding hydrogens is 366 g/mol. The number of hydrogen-bond acceptors (Lipinski definition) is 2. The van der Waals surface area contributed by atoms with Crippen molar-refractivity contribution in [3.05, 3.63) is 64.7 Å². The molecule has 6 heteroatoms. The van der Waals surface area contributed by atoms with Gasteiger partial charge in [0, 0.05) is 10.7 Å². The first-order chi connectivity index (χ1) is 12.6. The summed E-state index contributed by atoms with van der Waals surface area (Å²) < 4.78 is 5.48. The van der Waals surface area contributed by atoms with Crippen molar-refractivity contribution in [3.63, 3.8) is 0 Å². The van der Waals surface area contributed by atoms with Gasteiger partial charge in [-0.15, -0.1) is 0 Å². The molecule has 1 fully saturated rings. The van der Waals surface area contributed by atoms with E-state index in [4.69, 9.17) is 28.6 Å². The van der Waals surface area contributed by atoms with E-state index in [1.165, 1.54) is 10.5 Å². The van der Waals surface area contributed by atoms with Crippen LogP contribution < -0.4 is 15.5 Å². The fourth-order valence-corrected chi connectivity index (χ4v) is 3.53. The van der Waals surface area contributed by atoms with Crippen LogP contribution in [0.2, 0.25) is 5.02 Å². The quantitative estimate of drug-likeness (QED) is 0.686. The summed E-state index contributed by atoms with van der Waals surface area (Å²) in [6, 6.07) is 16.5. The molecule has 0 aromatic heterocycles. The van der Waals surface area contributed by atoms with Crippen molar-refractivity contribution in [2.24, 2.45) is 0 Å². The Kier molecular flexibility index (Phi) is 6.86. The zero-order valence-corrected chi connectivity index (χ0v) is 16.5. The molecule has 1 aliphatic heterocycles. The van der Waals surface area contributed by atoms with Gasteiger partial charge in [-0.05, 0) is 42.4 Å². The molecule has 3 N–H and O–H groups in total. The lowest BCUT2D eigenvalue weighted by atomic mass is 10.1. The van der Waals surface area contributed by atoms with Crippen molar-refractivity contribution in [1.82, 2.24) is 5.32 Å². The Morgan fingerprint density at radius 3 is 2.62 bits per heavy atom. The van der Waals surface area contributed by atoms with Crippen LogP contribution >= 0.6 is 23.8 Å². The molecule has 0 unspecified atom stereocenters. The van der Waals surface area contributed by atoms with Gasteiger partial charge >= 0.3 is 0 Å². The molecule has 2 aromatic carbocycles. The number of morpholine rings is 1. The number of rotatable bonds is 5. The Balaban J connectivity index is 1.67. The number of hydrogen-bond donors (Lipinski definition) is 3. The number of benzene rings is 2. The maximum Gasteiger partial charge on any atom is 0.171 e. The predicted molar refractivity (Wildman–Crippen MR) is 111 cm³/mol. The van der Waals surface area contributed by atoms with Gasteiger partial charge in [-0.25, -0.2) is 0 Å². The minimum absolute atomic E-state index is 0.144. The van der Waals surface area contributed by atoms with Crippen molar-refractivity contribution in [2.75, 3.05) is 38.2 Å². The highest BCUT2D eigenvalue weighted by atomic mass is 35.5. The molecule has 0 radical (unpaired) electrons. The Morgan fingerprint density at radius 2 is 1.92 bits per heavy atom. The van der Waals surface area contributed by atoms with Crippen molar-refractivity contribution in [2.45, 2.75) is 13.0 Å². The molecule has 0 aliphatic carbocycles. The zero-order valence-electron chi connectivity index (χ0n) is 14.9. The summed E-state index contributed by atoms with van der Waals surface area (Å²) in [4.78, 5) is 1.53. The predicted octanol–water partition coefficient (Wildman–Crippen LogP) is 2.59. The Labute approximate surface area is 165 Å². The molecular formula is C20H25ClN3OS+. The summed E-state index contributed by atoms with van der Waals surface area (Å²) in [5, 5.41) is 8.06. The van der Waals surface area contributed by atoms with Crippen LogP contribution in [0.5, 0.6) is 0 Å². The Bertz CT molecular complexity index is 735. The normalized spacial score (nSPS) is 16.1. The Morgan fingerprint density at radius 1 is 1.19 bits per heavy atom. The number of aryl methyl sites for hydroxylation is 1. The van der Waals surface area contributed by atoms with E-state index in [1.807, 2.05) is 31.2 Å². The van der Waals surface area contributed by atoms with Gasteiger partial charge in [0.1, 0.15) is 25.7 Å². The maximum absolute atomic E-state index is 6.21. The second-order valence-corrected chi connectivity index (χ2v) is 7.41. The molecule has 138 valence electrons. The van der Waals surface area contributed by atoms with Gasteiger partial charge in [-0.3, -0.25) is 0 Å². The average molecular weight is 391 g/mol. The first-order valence-corrected chi connectivity index (χ1v) is 9.70. The lowest BCUT2D eigenvalue weighted by Crippen LogP contribution is -3.14. The molecule has 1 saturated heterocycles. The van der Waals surface area contributed by atoms with E-state index in [0.717, 1.165) is 49.1 Å². The number of quaternary nitrogens is 1. The molecule has 0 bridgehead atoms. The molecule has 2 aromatic rings. The minimum Gasteiger partial charge on any atom is -0.370 e. The second-order valence-electron chi connectivity index (χ2n) is 6.59. The molecule has 0 saturated carbocycles. The third kappa shape index (κ3) is 5.42. The number of halogens is 1. The van der Waals surface area contributed by atoms with Gasteiger partial charge in [-0.1, -0.05) is 48.0 Å². The molecule has 4 nitrogen and oxygen atoms in total. The fraction of sp³-hybridized carbons (Fsp3) is 0.350. The highest BCUT2D eigenvalue weighted by molar-refractivity contribution is 7.80. The zero-order chi connectivity index (χ0) is 18.4. The molecule has 26 heavy (non-hydrogen) atoms. The Hall–Kier alpha value is -1.66. The molecule has 1 aliphatic rings. The first-order valence-electron chi connectivity index (χ1n) is 8.92. The average Bonchev–Trinajstić information content (AvgIpc) is 2.66. The van der Waals surface area contributed by atoms with Crippen LogP contribution in [0.25, 0.3) is 0 Å². The van der Waals surface area contributed by atoms with Gasteiger partial charge in [0.25, 0.3) is 0 Å². The molecule has 1 heterocycles. The third-order valence-electron chi connectivity index (χ3n) is 4.63. The van der Waals surface area contributed by atoms with E-state index in [0.29, 0.717) is 5.11 Å². The monoisotopic (exact) mass is 390 g/mol. The molecule has 3 rings (SSSR count). The van der Waals surface area contributed by atoms with Crippen molar-refractivity contribution in [1.29, 1.82) is 0 Å². The number of nitrogens with one attached hydrogen (secondary N) is 3. The second kappa shape index (κ2) is 9.33. The highest BCUT2D eigenvalue weighted by Crippen LogP contribution is 2.20. The third-order valence-corrected chi connectivity index (χ3v) is 5.26. The standard InChI is InChI=1S/C20H24ClN3OS/c1-15-7-8-17(13-18(15)21)22-20(26)23-19(16-5-3-2-4-6-16)14-24-9-11-25-12-10-24/h2-8,13,19H,9-12,14H2,1H3,(H2,22,23,26)/p+1/t19-/m1/s1. The van der Waals surface area contributed by atoms with Gasteiger partial charge in [0.15, 0.2) is 5.11 Å². The fourth-order valence-electron chi connectivity index (χ4n) is 3.09. The van der Waals surface area contributed by atoms with E-state index in [9.17, 15) is 0 Å². The number of anilines is 1. The first kappa shape index (κ1) is 19.1. The van der Waals surface area contributed by atoms with Gasteiger partial charge in [-0.2, -0.15) is 0 Å². The molecule has 0 spiro atoms. The van der Waals surface area contributed by atoms with E-state index >= 15 is 0 Å². The minimum atomic E-state index is 0.144. The van der Waals surface area contributed by atoms with Crippen LogP contribution in [0.4, 0.5) is 5.69 Å². The summed E-state index contributed by atoms with van der Waals surface area (Å²) in [6.45, 7) is 6.64. The van der Waals surface area contributed by atoms with Crippen LogP contribution in [0.3, 0.4) is 0 Å². The van der Waals surface area contributed by atoms with Gasteiger partial charge < -0.3 is 20.3 Å². The van der Waals surface area contributed by atoms with Crippen LogP contribution in [0, 0.1) is 6.92 Å². The molecule has 0 amide bonds. The van der Waals surface area contributed by atoms with E-state index in [-0.39, 0.29) is 6.04 Å². The lowest BCUT2D eigenvalue weighted by Gasteiger charge is -2.29. The summed E-state index contributed by atoms with van der Waals surface area (Å²) in [5.74, 6) is 0. The van der Waals surface area contributed by atoms with Crippen molar-refractivity contribution in [3.8, 4) is 0 Å². The van der Waals surface area contributed by atoms with Crippen molar-refractivity contribution < 1.29 is 9.64 Å². The van der Waals surface area contributed by atoms with Crippen LogP contribution in [-0.2, 0) is 4.74 Å². The summed E-state index contributed by atoms with van der Waals surface area (Å²) >= 11 is 11.8. The van der Waals surface area contributed by atoms with E-state index in [1.54, 1.807) is 0 Å². The van der Waals surface area contributed by atoms with Crippen LogP contribution in [0.15, 0.2) is 48.5 Å². The van der Waals surface area contributed by atoms with E-state index in [2.05, 4.69) is 34.9 Å². The van der Waals surface area contributed by atoms with Crippen molar-refractivity contribution >= 4 is 34.6 Å². The number of thiocarbonyl (C=S) groups is 1.